The van der Waals surface area contributed by atoms with Gasteiger partial charge in [-0.05, 0) is 12.8 Å². The Kier molecular flexibility index (Phi) is 3.74. The molecule has 0 aromatic rings. The van der Waals surface area contributed by atoms with Gasteiger partial charge in [0, 0.05) is 19.8 Å². The van der Waals surface area contributed by atoms with Crippen LogP contribution < -0.4 is 0 Å². The Hall–Kier alpha value is -0.780. The molecule has 3 nitrogen and oxygen atoms in total. The van der Waals surface area contributed by atoms with Crippen LogP contribution in [0.5, 0.6) is 0 Å². The third kappa shape index (κ3) is 3.95. The highest BCUT2D eigenvalue weighted by molar-refractivity contribution is 5.21. The van der Waals surface area contributed by atoms with Crippen LogP contribution >= 0.6 is 0 Å². The molecule has 14 heavy (non-hydrogen) atoms. The Morgan fingerprint density at radius 2 is 1.93 bits per heavy atom. The van der Waals surface area contributed by atoms with E-state index in [4.69, 9.17) is 4.84 Å². The van der Waals surface area contributed by atoms with Gasteiger partial charge in [-0.25, -0.2) is 0 Å². The van der Waals surface area contributed by atoms with Crippen molar-refractivity contribution in [2.75, 3.05) is 19.6 Å². The maximum absolute atomic E-state index is 12.0. The van der Waals surface area contributed by atoms with E-state index in [-0.39, 0.29) is 6.10 Å². The van der Waals surface area contributed by atoms with Crippen LogP contribution in [0, 0.1) is 0 Å². The molecular formula is C8H13F3N2O. The fourth-order valence-electron chi connectivity index (χ4n) is 1.53. The predicted octanol–water partition coefficient (Wildman–Crippen LogP) is 1.65. The molecule has 0 bridgehead atoms. The Labute approximate surface area is 80.5 Å². The largest absolute Gasteiger partial charge is 0.401 e. The smallest absolute Gasteiger partial charge is 0.393 e. The van der Waals surface area contributed by atoms with E-state index in [1.54, 1.807) is 0 Å². The Bertz CT molecular complexity index is 188. The highest BCUT2D eigenvalue weighted by Crippen LogP contribution is 2.20. The van der Waals surface area contributed by atoms with Crippen LogP contribution in [0.3, 0.4) is 0 Å². The molecule has 0 saturated carbocycles. The second-order valence-electron chi connectivity index (χ2n) is 3.33. The zero-order valence-electron chi connectivity index (χ0n) is 7.76. The van der Waals surface area contributed by atoms with Crippen LogP contribution in [0.25, 0.3) is 0 Å². The number of likely N-dealkylation sites (tertiary alicyclic amines) is 1. The number of oxime groups is 1. The summed E-state index contributed by atoms with van der Waals surface area (Å²) in [5, 5.41) is 3.27. The first-order valence-corrected chi connectivity index (χ1v) is 4.42. The van der Waals surface area contributed by atoms with Crippen LogP contribution in [0.1, 0.15) is 12.8 Å². The van der Waals surface area contributed by atoms with Gasteiger partial charge in [-0.15, -0.1) is 5.16 Å². The summed E-state index contributed by atoms with van der Waals surface area (Å²) in [6, 6.07) is 0. The van der Waals surface area contributed by atoms with Crippen LogP contribution in [0.2, 0.25) is 0 Å². The van der Waals surface area contributed by atoms with Crippen molar-refractivity contribution in [2.24, 2.45) is 5.16 Å². The maximum Gasteiger partial charge on any atom is 0.401 e. The molecular weight excluding hydrogens is 197 g/mol. The summed E-state index contributed by atoms with van der Waals surface area (Å²) in [5.74, 6) is 0. The molecule has 0 aromatic carbocycles. The van der Waals surface area contributed by atoms with E-state index in [0.29, 0.717) is 25.9 Å². The highest BCUT2D eigenvalue weighted by Gasteiger charge is 2.32. The molecule has 0 amide bonds. The van der Waals surface area contributed by atoms with Gasteiger partial charge in [0.25, 0.3) is 0 Å². The normalized spacial score (nSPS) is 20.8. The summed E-state index contributed by atoms with van der Waals surface area (Å²) in [6.45, 7) is 3.14. The molecule has 0 unspecified atom stereocenters. The molecule has 1 saturated heterocycles. The molecule has 1 aliphatic rings. The molecule has 0 spiro atoms. The topological polar surface area (TPSA) is 24.8 Å². The SMILES string of the molecule is C=NOC1CCN(CC(F)(F)F)CC1. The lowest BCUT2D eigenvalue weighted by Crippen LogP contribution is -2.41. The van der Waals surface area contributed by atoms with Gasteiger partial charge in [0.05, 0.1) is 6.54 Å². The van der Waals surface area contributed by atoms with Crippen molar-refractivity contribution in [3.8, 4) is 0 Å². The zero-order chi connectivity index (χ0) is 10.6. The summed E-state index contributed by atoms with van der Waals surface area (Å²) in [5.41, 5.74) is 0. The van der Waals surface area contributed by atoms with Crippen LogP contribution in [0.15, 0.2) is 5.16 Å². The van der Waals surface area contributed by atoms with Crippen LogP contribution in [-0.4, -0.2) is 43.5 Å². The number of hydrogen-bond acceptors (Lipinski definition) is 3. The molecule has 6 heteroatoms. The summed E-state index contributed by atoms with van der Waals surface area (Å²) >= 11 is 0. The Balaban J connectivity index is 2.25. The highest BCUT2D eigenvalue weighted by atomic mass is 19.4. The molecule has 1 aliphatic heterocycles. The minimum Gasteiger partial charge on any atom is -0.393 e. The third-order valence-electron chi connectivity index (χ3n) is 2.16. The number of piperidine rings is 1. The van der Waals surface area contributed by atoms with Gasteiger partial charge >= 0.3 is 6.18 Å². The van der Waals surface area contributed by atoms with Crippen molar-refractivity contribution in [3.63, 3.8) is 0 Å². The summed E-state index contributed by atoms with van der Waals surface area (Å²) < 4.78 is 36.0. The standard InChI is InChI=1S/C8H13F3N2O/c1-12-14-7-2-4-13(5-3-7)6-8(9,10)11/h7H,1-6H2. The van der Waals surface area contributed by atoms with Crippen molar-refractivity contribution in [1.82, 2.24) is 4.90 Å². The lowest BCUT2D eigenvalue weighted by Gasteiger charge is -2.30. The van der Waals surface area contributed by atoms with Gasteiger partial charge in [-0.2, -0.15) is 13.2 Å². The van der Waals surface area contributed by atoms with Gasteiger partial charge in [0.2, 0.25) is 0 Å². The van der Waals surface area contributed by atoms with Crippen molar-refractivity contribution in [1.29, 1.82) is 0 Å². The number of halogens is 3. The Morgan fingerprint density at radius 3 is 2.36 bits per heavy atom. The van der Waals surface area contributed by atoms with E-state index in [1.165, 1.54) is 4.90 Å². The van der Waals surface area contributed by atoms with Crippen molar-refractivity contribution >= 4 is 6.72 Å². The average Bonchev–Trinajstić information content (AvgIpc) is 2.06. The molecule has 82 valence electrons. The van der Waals surface area contributed by atoms with Gasteiger partial charge in [0.1, 0.15) is 6.10 Å². The molecule has 1 fully saturated rings. The number of alkyl halides is 3. The zero-order valence-corrected chi connectivity index (χ0v) is 7.76. The molecule has 0 N–H and O–H groups in total. The van der Waals surface area contributed by atoms with E-state index in [1.807, 2.05) is 0 Å². The van der Waals surface area contributed by atoms with Crippen molar-refractivity contribution in [2.45, 2.75) is 25.1 Å². The quantitative estimate of drug-likeness (QED) is 0.522. The molecule has 0 aliphatic carbocycles. The van der Waals surface area contributed by atoms with Gasteiger partial charge < -0.3 is 4.84 Å². The van der Waals surface area contributed by atoms with E-state index in [2.05, 4.69) is 11.9 Å². The van der Waals surface area contributed by atoms with Crippen molar-refractivity contribution in [3.05, 3.63) is 0 Å². The lowest BCUT2D eigenvalue weighted by molar-refractivity contribution is -0.151. The van der Waals surface area contributed by atoms with Crippen LogP contribution in [0.4, 0.5) is 13.2 Å². The number of hydrogen-bond donors (Lipinski definition) is 0. The van der Waals surface area contributed by atoms with Gasteiger partial charge in [0.15, 0.2) is 0 Å². The number of nitrogens with zero attached hydrogens (tertiary/aromatic N) is 2. The van der Waals surface area contributed by atoms with E-state index in [0.717, 1.165) is 0 Å². The minimum atomic E-state index is -4.11. The van der Waals surface area contributed by atoms with E-state index in [9.17, 15) is 13.2 Å². The minimum absolute atomic E-state index is 0.0722. The first kappa shape index (κ1) is 11.3. The summed E-state index contributed by atoms with van der Waals surface area (Å²) in [7, 11) is 0. The van der Waals surface area contributed by atoms with Crippen LogP contribution in [-0.2, 0) is 4.84 Å². The average molecular weight is 210 g/mol. The molecule has 0 aromatic heterocycles. The second kappa shape index (κ2) is 4.63. The first-order chi connectivity index (χ1) is 6.51. The second-order valence-corrected chi connectivity index (χ2v) is 3.33. The monoisotopic (exact) mass is 210 g/mol. The van der Waals surface area contributed by atoms with Gasteiger partial charge in [-0.3, -0.25) is 4.90 Å². The summed E-state index contributed by atoms with van der Waals surface area (Å²) in [4.78, 5) is 6.25. The maximum atomic E-state index is 12.0. The fourth-order valence-corrected chi connectivity index (χ4v) is 1.53. The molecule has 0 atom stereocenters. The Morgan fingerprint density at radius 1 is 1.36 bits per heavy atom. The number of rotatable bonds is 3. The molecule has 0 radical (unpaired) electrons. The molecule has 1 rings (SSSR count). The lowest BCUT2D eigenvalue weighted by atomic mass is 10.1. The van der Waals surface area contributed by atoms with Crippen molar-refractivity contribution < 1.29 is 18.0 Å². The van der Waals surface area contributed by atoms with Gasteiger partial charge in [-0.1, -0.05) is 0 Å². The fraction of sp³-hybridized carbons (Fsp3) is 0.875. The molecule has 1 heterocycles. The predicted molar refractivity (Wildman–Crippen MR) is 46.2 cm³/mol. The van der Waals surface area contributed by atoms with E-state index < -0.39 is 12.7 Å². The first-order valence-electron chi connectivity index (χ1n) is 4.42. The van der Waals surface area contributed by atoms with E-state index >= 15 is 0 Å². The third-order valence-corrected chi connectivity index (χ3v) is 2.16. The summed E-state index contributed by atoms with van der Waals surface area (Å²) in [6.07, 6.45) is -3.02.